The number of benzene rings is 1. The van der Waals surface area contributed by atoms with Gasteiger partial charge in [0.25, 0.3) is 11.5 Å². The Kier molecular flexibility index (Phi) is 3.98. The van der Waals surface area contributed by atoms with Gasteiger partial charge in [-0.2, -0.15) is 5.10 Å². The van der Waals surface area contributed by atoms with E-state index in [-0.39, 0.29) is 41.1 Å². The van der Waals surface area contributed by atoms with Crippen LogP contribution in [0.4, 0.5) is 4.39 Å². The smallest absolute Gasteiger partial charge is 0.280 e. The van der Waals surface area contributed by atoms with Crippen LogP contribution in [0.25, 0.3) is 10.9 Å². The Balaban J connectivity index is 1.87. The second-order valence-corrected chi connectivity index (χ2v) is 6.75. The Morgan fingerprint density at radius 2 is 1.96 bits per heavy atom. The molecular weight excluding hydrogens is 351 g/mol. The summed E-state index contributed by atoms with van der Waals surface area (Å²) in [5, 5.41) is 15.0. The first-order chi connectivity index (χ1) is 12.9. The van der Waals surface area contributed by atoms with Crippen molar-refractivity contribution in [3.63, 3.8) is 0 Å². The molecule has 8 heteroatoms. The molecule has 3 heterocycles. The molecule has 140 valence electrons. The maximum atomic E-state index is 13.1. The van der Waals surface area contributed by atoms with Gasteiger partial charge in [0, 0.05) is 19.1 Å². The summed E-state index contributed by atoms with van der Waals surface area (Å²) in [5.74, 6) is -0.964. The summed E-state index contributed by atoms with van der Waals surface area (Å²) in [5.41, 5.74) is 0.790. The highest BCUT2D eigenvalue weighted by Gasteiger charge is 2.35. The number of fused-ring (bicyclic) bond motifs is 3. The first kappa shape index (κ1) is 17.3. The van der Waals surface area contributed by atoms with E-state index in [9.17, 15) is 19.1 Å². The standard InChI is InChI=1S/C19H19FN4O3/c1-3-22-9-11(2)24-14-8-21-23(10-12-4-6-13(20)7-5-12)18(26)15(14)17(25)16(24)19(22)27/h4-8,11,25H,3,9-10H2,1-2H3/t11-/m1/s1. The largest absolute Gasteiger partial charge is 0.505 e. The summed E-state index contributed by atoms with van der Waals surface area (Å²) < 4.78 is 16.0. The molecule has 0 spiro atoms. The van der Waals surface area contributed by atoms with Gasteiger partial charge in [0.1, 0.15) is 11.2 Å². The normalized spacial score (nSPS) is 16.8. The molecule has 0 unspecified atom stereocenters. The number of carbonyl (C=O) groups is 1. The molecule has 2 aromatic heterocycles. The lowest BCUT2D eigenvalue weighted by Gasteiger charge is -2.32. The summed E-state index contributed by atoms with van der Waals surface area (Å²) in [6.45, 7) is 4.97. The van der Waals surface area contributed by atoms with Crippen LogP contribution in [0.1, 0.15) is 35.9 Å². The Bertz CT molecular complexity index is 1100. The van der Waals surface area contributed by atoms with Gasteiger partial charge in [-0.15, -0.1) is 0 Å². The van der Waals surface area contributed by atoms with Gasteiger partial charge in [-0.3, -0.25) is 9.59 Å². The van der Waals surface area contributed by atoms with E-state index in [0.29, 0.717) is 24.2 Å². The van der Waals surface area contributed by atoms with Crippen molar-refractivity contribution in [2.24, 2.45) is 0 Å². The van der Waals surface area contributed by atoms with Gasteiger partial charge in [-0.1, -0.05) is 12.1 Å². The van der Waals surface area contributed by atoms with Crippen LogP contribution in [-0.4, -0.2) is 43.4 Å². The minimum absolute atomic E-state index is 0.0836. The molecule has 1 aromatic carbocycles. The lowest BCUT2D eigenvalue weighted by atomic mass is 10.2. The predicted molar refractivity (Wildman–Crippen MR) is 97.4 cm³/mol. The van der Waals surface area contributed by atoms with E-state index in [1.165, 1.54) is 23.0 Å². The van der Waals surface area contributed by atoms with Gasteiger partial charge in [0.15, 0.2) is 11.4 Å². The molecule has 0 bridgehead atoms. The van der Waals surface area contributed by atoms with E-state index >= 15 is 0 Å². The van der Waals surface area contributed by atoms with Crippen LogP contribution < -0.4 is 5.56 Å². The van der Waals surface area contributed by atoms with Crippen LogP contribution >= 0.6 is 0 Å². The molecule has 1 aliphatic heterocycles. The van der Waals surface area contributed by atoms with Crippen LogP contribution in [0.2, 0.25) is 0 Å². The van der Waals surface area contributed by atoms with Crippen molar-refractivity contribution in [1.82, 2.24) is 19.2 Å². The fourth-order valence-corrected chi connectivity index (χ4v) is 3.68. The highest BCUT2D eigenvalue weighted by Crippen LogP contribution is 2.36. The molecular formula is C19H19FN4O3. The Morgan fingerprint density at radius 1 is 1.26 bits per heavy atom. The van der Waals surface area contributed by atoms with Crippen molar-refractivity contribution < 1.29 is 14.3 Å². The molecule has 27 heavy (non-hydrogen) atoms. The number of aromatic nitrogens is 3. The van der Waals surface area contributed by atoms with Crippen molar-refractivity contribution in [3.05, 3.63) is 57.9 Å². The lowest BCUT2D eigenvalue weighted by Crippen LogP contribution is -2.41. The van der Waals surface area contributed by atoms with E-state index in [4.69, 9.17) is 0 Å². The van der Waals surface area contributed by atoms with Crippen molar-refractivity contribution in [3.8, 4) is 5.75 Å². The maximum Gasteiger partial charge on any atom is 0.280 e. The summed E-state index contributed by atoms with van der Waals surface area (Å²) in [6, 6.07) is 5.68. The van der Waals surface area contributed by atoms with Crippen LogP contribution in [0.5, 0.6) is 5.75 Å². The summed E-state index contributed by atoms with van der Waals surface area (Å²) in [7, 11) is 0. The molecule has 0 saturated carbocycles. The Morgan fingerprint density at radius 3 is 2.63 bits per heavy atom. The van der Waals surface area contributed by atoms with Gasteiger partial charge in [-0.25, -0.2) is 9.07 Å². The number of hydrogen-bond donors (Lipinski definition) is 1. The zero-order chi connectivity index (χ0) is 19.3. The summed E-state index contributed by atoms with van der Waals surface area (Å²) in [4.78, 5) is 27.3. The first-order valence-electron chi connectivity index (χ1n) is 8.79. The van der Waals surface area contributed by atoms with Crippen molar-refractivity contribution >= 4 is 16.8 Å². The monoisotopic (exact) mass is 370 g/mol. The van der Waals surface area contributed by atoms with Crippen molar-refractivity contribution in [2.75, 3.05) is 13.1 Å². The van der Waals surface area contributed by atoms with E-state index in [2.05, 4.69) is 5.10 Å². The number of nitrogens with zero attached hydrogens (tertiary/aromatic N) is 4. The third kappa shape index (κ3) is 2.59. The number of likely N-dealkylation sites (N-methyl/N-ethyl adjacent to an activating group) is 1. The summed E-state index contributed by atoms with van der Waals surface area (Å²) in [6.07, 6.45) is 1.49. The fraction of sp³-hybridized carbons (Fsp3) is 0.316. The molecule has 0 radical (unpaired) electrons. The second kappa shape index (κ2) is 6.22. The fourth-order valence-electron chi connectivity index (χ4n) is 3.68. The van der Waals surface area contributed by atoms with Crippen molar-refractivity contribution in [1.29, 1.82) is 0 Å². The minimum atomic E-state index is -0.487. The van der Waals surface area contributed by atoms with Crippen LogP contribution in [0, 0.1) is 5.82 Å². The molecule has 1 aliphatic rings. The van der Waals surface area contributed by atoms with Crippen LogP contribution in [0.15, 0.2) is 35.3 Å². The highest BCUT2D eigenvalue weighted by atomic mass is 19.1. The lowest BCUT2D eigenvalue weighted by molar-refractivity contribution is 0.0686. The third-order valence-electron chi connectivity index (χ3n) is 5.03. The molecule has 0 aliphatic carbocycles. The third-order valence-corrected chi connectivity index (χ3v) is 5.03. The molecule has 3 aromatic rings. The number of carbonyl (C=O) groups excluding carboxylic acids is 1. The molecule has 1 N–H and O–H groups in total. The van der Waals surface area contributed by atoms with Crippen molar-refractivity contribution in [2.45, 2.75) is 26.4 Å². The Labute approximate surface area is 154 Å². The van der Waals surface area contributed by atoms with Gasteiger partial charge in [0.2, 0.25) is 0 Å². The minimum Gasteiger partial charge on any atom is -0.505 e. The Hall–Kier alpha value is -3.16. The number of hydrogen-bond acceptors (Lipinski definition) is 4. The zero-order valence-electron chi connectivity index (χ0n) is 15.0. The van der Waals surface area contributed by atoms with Gasteiger partial charge >= 0.3 is 0 Å². The molecule has 1 amide bonds. The van der Waals surface area contributed by atoms with Gasteiger partial charge < -0.3 is 14.6 Å². The second-order valence-electron chi connectivity index (χ2n) is 6.75. The van der Waals surface area contributed by atoms with Crippen LogP contribution in [-0.2, 0) is 6.54 Å². The molecule has 0 fully saturated rings. The SMILES string of the molecule is CCN1C[C@@H](C)n2c(c(O)c3c(=O)n(Cc4ccc(F)cc4)ncc32)C1=O. The van der Waals surface area contributed by atoms with Gasteiger partial charge in [0.05, 0.1) is 18.3 Å². The average molecular weight is 370 g/mol. The average Bonchev–Trinajstić information content (AvgIpc) is 2.96. The summed E-state index contributed by atoms with van der Waals surface area (Å²) >= 11 is 0. The molecule has 1 atom stereocenters. The van der Waals surface area contributed by atoms with Gasteiger partial charge in [-0.05, 0) is 31.5 Å². The number of halogens is 1. The number of aromatic hydroxyl groups is 1. The van der Waals surface area contributed by atoms with E-state index in [0.717, 1.165) is 0 Å². The quantitative estimate of drug-likeness (QED) is 0.766. The first-order valence-corrected chi connectivity index (χ1v) is 8.79. The number of amides is 1. The van der Waals surface area contributed by atoms with Crippen LogP contribution in [0.3, 0.4) is 0 Å². The number of rotatable bonds is 3. The molecule has 7 nitrogen and oxygen atoms in total. The zero-order valence-corrected chi connectivity index (χ0v) is 15.0. The topological polar surface area (TPSA) is 80.4 Å². The highest BCUT2D eigenvalue weighted by molar-refractivity contribution is 6.04. The maximum absolute atomic E-state index is 13.1. The predicted octanol–water partition coefficient (Wildman–Crippen LogP) is 2.13. The van der Waals surface area contributed by atoms with E-state index in [1.807, 2.05) is 13.8 Å². The molecule has 0 saturated heterocycles. The van der Waals surface area contributed by atoms with E-state index in [1.54, 1.807) is 21.6 Å². The van der Waals surface area contributed by atoms with E-state index < -0.39 is 5.56 Å². The molecule has 4 rings (SSSR count).